The molecule has 0 heterocycles. The van der Waals surface area contributed by atoms with Crippen LogP contribution in [0.25, 0.3) is 0 Å². The number of amides is 1. The first-order chi connectivity index (χ1) is 7.99. The molecule has 3 nitrogen and oxygen atoms in total. The van der Waals surface area contributed by atoms with E-state index in [1.807, 2.05) is 38.1 Å². The second kappa shape index (κ2) is 6.28. The number of carbonyl (C=O) groups excluding carboxylic acids is 1. The third kappa shape index (κ3) is 4.89. The maximum atomic E-state index is 11.5. The van der Waals surface area contributed by atoms with Gasteiger partial charge in [0.25, 0.3) is 0 Å². The van der Waals surface area contributed by atoms with Crippen LogP contribution >= 0.6 is 0 Å². The van der Waals surface area contributed by atoms with Gasteiger partial charge in [-0.05, 0) is 18.1 Å². The largest absolute Gasteiger partial charge is 0.493 e. The van der Waals surface area contributed by atoms with Gasteiger partial charge in [-0.2, -0.15) is 0 Å². The van der Waals surface area contributed by atoms with Crippen molar-refractivity contribution in [3.8, 4) is 5.75 Å². The molecule has 0 saturated carbocycles. The highest BCUT2D eigenvalue weighted by Crippen LogP contribution is 2.18. The molecule has 0 aromatic heterocycles. The molecule has 3 heteroatoms. The zero-order chi connectivity index (χ0) is 12.8. The van der Waals surface area contributed by atoms with Crippen LogP contribution in [-0.2, 0) is 4.79 Å². The first-order valence-electron chi connectivity index (χ1n) is 6.02. The van der Waals surface area contributed by atoms with E-state index in [2.05, 4.69) is 19.2 Å². The van der Waals surface area contributed by atoms with Crippen molar-refractivity contribution in [1.29, 1.82) is 0 Å². The van der Waals surface area contributed by atoms with E-state index in [0.717, 1.165) is 11.4 Å². The Kier molecular flexibility index (Phi) is 5.01. The van der Waals surface area contributed by atoms with Gasteiger partial charge in [0.1, 0.15) is 5.75 Å². The van der Waals surface area contributed by atoms with Crippen LogP contribution in [0.2, 0.25) is 0 Å². The molecule has 0 spiro atoms. The molecule has 0 bridgehead atoms. The van der Waals surface area contributed by atoms with Gasteiger partial charge in [0.2, 0.25) is 5.91 Å². The van der Waals surface area contributed by atoms with E-state index in [-0.39, 0.29) is 11.8 Å². The Morgan fingerprint density at radius 3 is 2.59 bits per heavy atom. The molecule has 0 radical (unpaired) electrons. The second-order valence-corrected chi connectivity index (χ2v) is 4.88. The van der Waals surface area contributed by atoms with E-state index < -0.39 is 0 Å². The van der Waals surface area contributed by atoms with Gasteiger partial charge in [-0.15, -0.1) is 0 Å². The quantitative estimate of drug-likeness (QED) is 0.850. The van der Waals surface area contributed by atoms with E-state index in [1.54, 1.807) is 0 Å². The van der Waals surface area contributed by atoms with Crippen LogP contribution in [0.3, 0.4) is 0 Å². The van der Waals surface area contributed by atoms with Crippen molar-refractivity contribution in [2.24, 2.45) is 11.8 Å². The lowest BCUT2D eigenvalue weighted by Crippen LogP contribution is -2.17. The van der Waals surface area contributed by atoms with E-state index in [0.29, 0.717) is 12.5 Å². The molecular weight excluding hydrogens is 214 g/mol. The number of rotatable bonds is 5. The molecule has 1 amide bonds. The highest BCUT2D eigenvalue weighted by atomic mass is 16.5. The average Bonchev–Trinajstić information content (AvgIpc) is 2.26. The average molecular weight is 235 g/mol. The van der Waals surface area contributed by atoms with Gasteiger partial charge in [-0.3, -0.25) is 4.79 Å². The number of hydrogen-bond donors (Lipinski definition) is 1. The fraction of sp³-hybridized carbons (Fsp3) is 0.500. The number of benzene rings is 1. The maximum absolute atomic E-state index is 11.5. The van der Waals surface area contributed by atoms with Gasteiger partial charge in [0.05, 0.1) is 6.61 Å². The molecule has 0 atom stereocenters. The smallest absolute Gasteiger partial charge is 0.226 e. The van der Waals surface area contributed by atoms with Crippen molar-refractivity contribution in [1.82, 2.24) is 0 Å². The summed E-state index contributed by atoms with van der Waals surface area (Å²) in [5, 5.41) is 2.85. The number of anilines is 1. The predicted octanol–water partition coefficient (Wildman–Crippen LogP) is 3.32. The summed E-state index contributed by atoms with van der Waals surface area (Å²) in [6.45, 7) is 8.62. The molecule has 0 aliphatic rings. The molecule has 1 aromatic rings. The SMILES string of the molecule is CC(C)COc1cccc(NC(=O)C(C)C)c1. The Labute approximate surface area is 103 Å². The zero-order valence-electron chi connectivity index (χ0n) is 11.0. The zero-order valence-corrected chi connectivity index (χ0v) is 11.0. The molecule has 0 fully saturated rings. The minimum absolute atomic E-state index is 0.0183. The van der Waals surface area contributed by atoms with Crippen LogP contribution in [0.5, 0.6) is 5.75 Å². The van der Waals surface area contributed by atoms with E-state index in [1.165, 1.54) is 0 Å². The van der Waals surface area contributed by atoms with Crippen LogP contribution < -0.4 is 10.1 Å². The molecule has 0 unspecified atom stereocenters. The third-order valence-electron chi connectivity index (χ3n) is 2.21. The lowest BCUT2D eigenvalue weighted by Gasteiger charge is -2.11. The molecule has 94 valence electrons. The van der Waals surface area contributed by atoms with Crippen LogP contribution in [-0.4, -0.2) is 12.5 Å². The molecule has 0 saturated heterocycles. The molecule has 0 aliphatic carbocycles. The summed E-state index contributed by atoms with van der Waals surface area (Å²) in [6.07, 6.45) is 0. The molecule has 17 heavy (non-hydrogen) atoms. The first kappa shape index (κ1) is 13.6. The number of nitrogens with one attached hydrogen (secondary N) is 1. The normalized spacial score (nSPS) is 10.7. The van der Waals surface area contributed by atoms with E-state index in [4.69, 9.17) is 4.74 Å². The van der Waals surface area contributed by atoms with Gasteiger partial charge >= 0.3 is 0 Å². The van der Waals surface area contributed by atoms with Gasteiger partial charge in [-0.1, -0.05) is 33.8 Å². The van der Waals surface area contributed by atoms with Gasteiger partial charge in [-0.25, -0.2) is 0 Å². The summed E-state index contributed by atoms with van der Waals surface area (Å²) in [4.78, 5) is 11.5. The van der Waals surface area contributed by atoms with E-state index in [9.17, 15) is 4.79 Å². The minimum atomic E-state index is -0.0183. The summed E-state index contributed by atoms with van der Waals surface area (Å²) >= 11 is 0. The first-order valence-corrected chi connectivity index (χ1v) is 6.02. The Hall–Kier alpha value is -1.51. The fourth-order valence-corrected chi connectivity index (χ4v) is 1.21. The van der Waals surface area contributed by atoms with Crippen LogP contribution in [0, 0.1) is 11.8 Å². The highest BCUT2D eigenvalue weighted by molar-refractivity contribution is 5.92. The Morgan fingerprint density at radius 1 is 1.29 bits per heavy atom. The predicted molar refractivity (Wildman–Crippen MR) is 70.2 cm³/mol. The highest BCUT2D eigenvalue weighted by Gasteiger charge is 2.07. The van der Waals surface area contributed by atoms with Crippen molar-refractivity contribution >= 4 is 11.6 Å². The van der Waals surface area contributed by atoms with Crippen molar-refractivity contribution in [3.63, 3.8) is 0 Å². The number of carbonyl (C=O) groups is 1. The maximum Gasteiger partial charge on any atom is 0.226 e. The Bertz CT molecular complexity index is 372. The summed E-state index contributed by atoms with van der Waals surface area (Å²) in [7, 11) is 0. The standard InChI is InChI=1S/C14H21NO2/c1-10(2)9-17-13-7-5-6-12(8-13)15-14(16)11(3)4/h5-8,10-11H,9H2,1-4H3,(H,15,16). The second-order valence-electron chi connectivity index (χ2n) is 4.88. The van der Waals surface area contributed by atoms with Gasteiger partial charge < -0.3 is 10.1 Å². The van der Waals surface area contributed by atoms with Crippen LogP contribution in [0.4, 0.5) is 5.69 Å². The topological polar surface area (TPSA) is 38.3 Å². The van der Waals surface area contributed by atoms with Crippen molar-refractivity contribution in [3.05, 3.63) is 24.3 Å². The monoisotopic (exact) mass is 235 g/mol. The molecule has 0 aliphatic heterocycles. The molecule has 1 rings (SSSR count). The van der Waals surface area contributed by atoms with Crippen molar-refractivity contribution in [2.75, 3.05) is 11.9 Å². The summed E-state index contributed by atoms with van der Waals surface area (Å²) < 4.78 is 5.60. The van der Waals surface area contributed by atoms with Crippen LogP contribution in [0.15, 0.2) is 24.3 Å². The fourth-order valence-electron chi connectivity index (χ4n) is 1.21. The van der Waals surface area contributed by atoms with Gasteiger partial charge in [0.15, 0.2) is 0 Å². The summed E-state index contributed by atoms with van der Waals surface area (Å²) in [5.74, 6) is 1.28. The van der Waals surface area contributed by atoms with Crippen LogP contribution in [0.1, 0.15) is 27.7 Å². The summed E-state index contributed by atoms with van der Waals surface area (Å²) in [5.41, 5.74) is 0.782. The van der Waals surface area contributed by atoms with Gasteiger partial charge in [0, 0.05) is 17.7 Å². The lowest BCUT2D eigenvalue weighted by atomic mass is 10.2. The molecule has 1 aromatic carbocycles. The third-order valence-corrected chi connectivity index (χ3v) is 2.21. The number of ether oxygens (including phenoxy) is 1. The lowest BCUT2D eigenvalue weighted by molar-refractivity contribution is -0.118. The Balaban J connectivity index is 2.62. The van der Waals surface area contributed by atoms with E-state index >= 15 is 0 Å². The molecule has 1 N–H and O–H groups in total. The number of hydrogen-bond acceptors (Lipinski definition) is 2. The van der Waals surface area contributed by atoms with Crippen molar-refractivity contribution < 1.29 is 9.53 Å². The molecular formula is C14H21NO2. The Morgan fingerprint density at radius 2 is 2.00 bits per heavy atom. The van der Waals surface area contributed by atoms with Crippen molar-refractivity contribution in [2.45, 2.75) is 27.7 Å². The minimum Gasteiger partial charge on any atom is -0.493 e. The summed E-state index contributed by atoms with van der Waals surface area (Å²) in [6, 6.07) is 7.49.